The Hall–Kier alpha value is -3.52. The van der Waals surface area contributed by atoms with Crippen molar-refractivity contribution in [3.63, 3.8) is 0 Å². The standard InChI is InChI=1S/C21H11F2N3O2S/c1-26-19(10-5-3-2-4-6-10)25-21-20(26)24-14(29-21)9-11-17(27)15-12(22)7-8-13(23)16(15)18(11)28/h2-9H,1H3. The number of benzene rings is 2. The molecule has 0 saturated carbocycles. The third kappa shape index (κ3) is 2.56. The molecule has 1 aliphatic carbocycles. The monoisotopic (exact) mass is 407 g/mol. The SMILES string of the molecule is Cn1c(-c2ccccc2)nc2sc(C=C3C(=O)c4c(F)ccc(F)c4C3=O)nc21. The van der Waals surface area contributed by atoms with Gasteiger partial charge in [-0.15, -0.1) is 0 Å². The van der Waals surface area contributed by atoms with Crippen molar-refractivity contribution in [2.45, 2.75) is 0 Å². The third-order valence-electron chi connectivity index (χ3n) is 4.80. The van der Waals surface area contributed by atoms with Crippen LogP contribution in [0.15, 0.2) is 48.0 Å². The van der Waals surface area contributed by atoms with Crippen molar-refractivity contribution in [1.82, 2.24) is 14.5 Å². The molecule has 0 fully saturated rings. The Bertz CT molecular complexity index is 1330. The topological polar surface area (TPSA) is 64.8 Å². The highest BCUT2D eigenvalue weighted by Crippen LogP contribution is 2.33. The molecule has 2 aromatic carbocycles. The van der Waals surface area contributed by atoms with E-state index < -0.39 is 34.3 Å². The molecule has 0 atom stereocenters. The van der Waals surface area contributed by atoms with E-state index in [1.165, 1.54) is 17.4 Å². The van der Waals surface area contributed by atoms with E-state index in [1.807, 2.05) is 41.9 Å². The van der Waals surface area contributed by atoms with Gasteiger partial charge in [-0.25, -0.2) is 18.7 Å². The van der Waals surface area contributed by atoms with Crippen LogP contribution in [-0.2, 0) is 7.05 Å². The Kier molecular flexibility index (Phi) is 3.78. The number of rotatable bonds is 2. The number of aryl methyl sites for hydroxylation is 1. The molecule has 0 bridgehead atoms. The molecule has 2 aromatic heterocycles. The van der Waals surface area contributed by atoms with Gasteiger partial charge in [0.25, 0.3) is 0 Å². The van der Waals surface area contributed by atoms with Crippen LogP contribution < -0.4 is 0 Å². The summed E-state index contributed by atoms with van der Waals surface area (Å²) >= 11 is 1.19. The smallest absolute Gasteiger partial charge is 0.200 e. The summed E-state index contributed by atoms with van der Waals surface area (Å²) in [6.07, 6.45) is 1.28. The largest absolute Gasteiger partial charge is 0.311 e. The number of nitrogens with zero attached hydrogens (tertiary/aromatic N) is 3. The maximum absolute atomic E-state index is 14.0. The predicted octanol–water partition coefficient (Wildman–Crippen LogP) is 4.44. The van der Waals surface area contributed by atoms with Gasteiger partial charge in [0.05, 0.1) is 16.7 Å². The van der Waals surface area contributed by atoms with Gasteiger partial charge in [0.1, 0.15) is 22.5 Å². The number of hydrogen-bond acceptors (Lipinski definition) is 5. The highest BCUT2D eigenvalue weighted by Gasteiger charge is 2.38. The molecule has 1 aliphatic rings. The molecule has 0 N–H and O–H groups in total. The average molecular weight is 407 g/mol. The van der Waals surface area contributed by atoms with Crippen molar-refractivity contribution >= 4 is 39.5 Å². The normalized spacial score (nSPS) is 13.4. The molecule has 5 rings (SSSR count). The summed E-state index contributed by atoms with van der Waals surface area (Å²) in [6, 6.07) is 11.3. The molecule has 2 heterocycles. The number of thiazole rings is 1. The molecule has 142 valence electrons. The van der Waals surface area contributed by atoms with Crippen LogP contribution >= 0.6 is 11.3 Å². The number of imidazole rings is 1. The van der Waals surface area contributed by atoms with E-state index in [9.17, 15) is 18.4 Å². The Labute approximate surface area is 167 Å². The first-order valence-electron chi connectivity index (χ1n) is 8.63. The van der Waals surface area contributed by atoms with Crippen molar-refractivity contribution in [2.75, 3.05) is 0 Å². The molecule has 5 nitrogen and oxygen atoms in total. The summed E-state index contributed by atoms with van der Waals surface area (Å²) in [5, 5.41) is 0.364. The van der Waals surface area contributed by atoms with Crippen LogP contribution in [0, 0.1) is 11.6 Å². The Morgan fingerprint density at radius 3 is 2.14 bits per heavy atom. The van der Waals surface area contributed by atoms with Crippen LogP contribution in [0.2, 0.25) is 0 Å². The van der Waals surface area contributed by atoms with Crippen LogP contribution in [-0.4, -0.2) is 26.1 Å². The van der Waals surface area contributed by atoms with Crippen molar-refractivity contribution in [3.05, 3.63) is 75.8 Å². The number of fused-ring (bicyclic) bond motifs is 2. The minimum atomic E-state index is -0.915. The summed E-state index contributed by atoms with van der Waals surface area (Å²) in [7, 11) is 1.82. The zero-order valence-corrected chi connectivity index (χ0v) is 15.8. The number of ketones is 2. The summed E-state index contributed by atoms with van der Waals surface area (Å²) in [4.78, 5) is 34.7. The first-order valence-corrected chi connectivity index (χ1v) is 9.45. The maximum atomic E-state index is 14.0. The van der Waals surface area contributed by atoms with Gasteiger partial charge >= 0.3 is 0 Å². The zero-order chi connectivity index (χ0) is 20.3. The van der Waals surface area contributed by atoms with Gasteiger partial charge in [0.2, 0.25) is 11.6 Å². The molecule has 0 unspecified atom stereocenters. The van der Waals surface area contributed by atoms with E-state index in [1.54, 1.807) is 0 Å². The molecular weight excluding hydrogens is 396 g/mol. The third-order valence-corrected chi connectivity index (χ3v) is 5.68. The molecule has 4 aromatic rings. The number of Topliss-reactive ketones (excluding diaryl/α,β-unsaturated/α-hetero) is 2. The quantitative estimate of drug-likeness (QED) is 0.364. The van der Waals surface area contributed by atoms with Crippen LogP contribution in [0.1, 0.15) is 25.7 Å². The number of carbonyl (C=O) groups excluding carboxylic acids is 2. The number of carbonyl (C=O) groups is 2. The van der Waals surface area contributed by atoms with Gasteiger partial charge in [-0.3, -0.25) is 9.59 Å². The number of hydrogen-bond donors (Lipinski definition) is 0. The molecule has 0 radical (unpaired) electrons. The molecule has 0 spiro atoms. The van der Waals surface area contributed by atoms with E-state index >= 15 is 0 Å². The fraction of sp³-hybridized carbons (Fsp3) is 0.0476. The second-order valence-corrected chi connectivity index (χ2v) is 7.55. The predicted molar refractivity (Wildman–Crippen MR) is 105 cm³/mol. The maximum Gasteiger partial charge on any atom is 0.200 e. The second kappa shape index (κ2) is 6.25. The summed E-state index contributed by atoms with van der Waals surface area (Å²) in [5.74, 6) is -2.76. The van der Waals surface area contributed by atoms with Crippen LogP contribution in [0.4, 0.5) is 8.78 Å². The van der Waals surface area contributed by atoms with Crippen LogP contribution in [0.5, 0.6) is 0 Å². The highest BCUT2D eigenvalue weighted by molar-refractivity contribution is 7.19. The lowest BCUT2D eigenvalue weighted by Gasteiger charge is -2.00. The fourth-order valence-electron chi connectivity index (χ4n) is 3.41. The van der Waals surface area contributed by atoms with Crippen molar-refractivity contribution in [3.8, 4) is 11.4 Å². The van der Waals surface area contributed by atoms with Crippen molar-refractivity contribution in [2.24, 2.45) is 7.05 Å². The fourth-order valence-corrected chi connectivity index (χ4v) is 4.33. The van der Waals surface area contributed by atoms with Gasteiger partial charge in [0, 0.05) is 12.6 Å². The lowest BCUT2D eigenvalue weighted by Crippen LogP contribution is -2.01. The summed E-state index contributed by atoms with van der Waals surface area (Å²) in [6.45, 7) is 0. The summed E-state index contributed by atoms with van der Waals surface area (Å²) in [5.41, 5.74) is 0.182. The number of allylic oxidation sites excluding steroid dienone is 1. The van der Waals surface area contributed by atoms with Crippen LogP contribution in [0.3, 0.4) is 0 Å². The first kappa shape index (κ1) is 17.6. The van der Waals surface area contributed by atoms with E-state index in [2.05, 4.69) is 9.97 Å². The molecule has 0 aliphatic heterocycles. The van der Waals surface area contributed by atoms with Gasteiger partial charge in [0.15, 0.2) is 10.5 Å². The van der Waals surface area contributed by atoms with E-state index in [0.717, 1.165) is 23.5 Å². The van der Waals surface area contributed by atoms with E-state index in [4.69, 9.17) is 0 Å². The van der Waals surface area contributed by atoms with Crippen molar-refractivity contribution in [1.29, 1.82) is 0 Å². The summed E-state index contributed by atoms with van der Waals surface area (Å²) < 4.78 is 29.8. The Morgan fingerprint density at radius 1 is 0.931 bits per heavy atom. The molecule has 0 amide bonds. The minimum Gasteiger partial charge on any atom is -0.311 e. The molecule has 0 saturated heterocycles. The molecule has 8 heteroatoms. The minimum absolute atomic E-state index is 0.300. The van der Waals surface area contributed by atoms with E-state index in [-0.39, 0.29) is 5.57 Å². The Balaban J connectivity index is 1.58. The van der Waals surface area contributed by atoms with Crippen molar-refractivity contribution < 1.29 is 18.4 Å². The number of aromatic nitrogens is 3. The Morgan fingerprint density at radius 2 is 1.55 bits per heavy atom. The van der Waals surface area contributed by atoms with Crippen LogP contribution in [0.25, 0.3) is 27.9 Å². The van der Waals surface area contributed by atoms with E-state index in [0.29, 0.717) is 15.5 Å². The number of halogens is 2. The van der Waals surface area contributed by atoms with Gasteiger partial charge in [-0.2, -0.15) is 0 Å². The lowest BCUT2D eigenvalue weighted by atomic mass is 10.1. The van der Waals surface area contributed by atoms with Gasteiger partial charge < -0.3 is 4.57 Å². The second-order valence-electron chi connectivity index (χ2n) is 6.54. The zero-order valence-electron chi connectivity index (χ0n) is 14.9. The van der Waals surface area contributed by atoms with Gasteiger partial charge in [-0.05, 0) is 18.2 Å². The highest BCUT2D eigenvalue weighted by atomic mass is 32.1. The average Bonchev–Trinajstić information content (AvgIpc) is 3.33. The molecule has 29 heavy (non-hydrogen) atoms. The lowest BCUT2D eigenvalue weighted by molar-refractivity contribution is 0.0989. The van der Waals surface area contributed by atoms with Gasteiger partial charge in [-0.1, -0.05) is 41.7 Å². The molecular formula is C21H11F2N3O2S. The first-order chi connectivity index (χ1) is 14.0.